The van der Waals surface area contributed by atoms with Crippen molar-refractivity contribution in [2.24, 2.45) is 11.8 Å². The Balaban J connectivity index is 1.68. The van der Waals surface area contributed by atoms with Gasteiger partial charge in [0.1, 0.15) is 12.4 Å². The first-order valence-electron chi connectivity index (χ1n) is 9.84. The topological polar surface area (TPSA) is 102 Å². The molecular weight excluding hydrogens is 395 g/mol. The number of ether oxygens (including phenoxy) is 1. The Bertz CT molecular complexity index is 835. The molecule has 9 nitrogen and oxygen atoms in total. The van der Waals surface area contributed by atoms with Gasteiger partial charge in [-0.15, -0.1) is 0 Å². The van der Waals surface area contributed by atoms with Crippen LogP contribution in [0, 0.1) is 17.7 Å². The molecule has 10 heteroatoms. The molecule has 1 aromatic rings. The Morgan fingerprint density at radius 1 is 1.33 bits per heavy atom. The lowest BCUT2D eigenvalue weighted by Gasteiger charge is -2.22. The zero-order chi connectivity index (χ0) is 22.0. The number of likely N-dealkylation sites (N-methyl/N-ethyl adjacent to an activating group) is 1. The number of rotatable bonds is 6. The molecular formula is C20H27FN4O5. The molecule has 2 aliphatic rings. The van der Waals surface area contributed by atoms with E-state index in [2.05, 4.69) is 5.32 Å². The van der Waals surface area contributed by atoms with Crippen molar-refractivity contribution < 1.29 is 28.6 Å². The summed E-state index contributed by atoms with van der Waals surface area (Å²) in [7, 11) is 1.54. The van der Waals surface area contributed by atoms with Crippen LogP contribution >= 0.6 is 0 Å². The van der Waals surface area contributed by atoms with Gasteiger partial charge < -0.3 is 25.0 Å². The molecule has 2 aliphatic heterocycles. The summed E-state index contributed by atoms with van der Waals surface area (Å²) in [5, 5.41) is 11.5. The fourth-order valence-corrected chi connectivity index (χ4v) is 3.78. The average molecular weight is 422 g/mol. The molecule has 30 heavy (non-hydrogen) atoms. The van der Waals surface area contributed by atoms with Crippen LogP contribution in [0.4, 0.5) is 20.6 Å². The van der Waals surface area contributed by atoms with Crippen LogP contribution in [0.5, 0.6) is 0 Å². The molecule has 3 rings (SSSR count). The second-order valence-electron chi connectivity index (χ2n) is 7.82. The molecule has 2 saturated heterocycles. The van der Waals surface area contributed by atoms with E-state index in [0.29, 0.717) is 31.0 Å². The number of cyclic esters (lactones) is 1. The van der Waals surface area contributed by atoms with Gasteiger partial charge in [0, 0.05) is 33.6 Å². The highest BCUT2D eigenvalue weighted by Gasteiger charge is 2.37. The highest BCUT2D eigenvalue weighted by atomic mass is 19.1. The van der Waals surface area contributed by atoms with E-state index in [1.807, 2.05) is 11.8 Å². The summed E-state index contributed by atoms with van der Waals surface area (Å²) in [5.41, 5.74) is 0.784. The summed E-state index contributed by atoms with van der Waals surface area (Å²) in [5.74, 6) is -0.752. The molecule has 1 aromatic carbocycles. The number of aliphatic hydroxyl groups excluding tert-OH is 1. The van der Waals surface area contributed by atoms with Gasteiger partial charge in [0.15, 0.2) is 6.23 Å². The quantitative estimate of drug-likeness (QED) is 0.702. The third-order valence-electron chi connectivity index (χ3n) is 5.78. The lowest BCUT2D eigenvalue weighted by Crippen LogP contribution is -2.38. The Hall–Kier alpha value is -2.88. The van der Waals surface area contributed by atoms with E-state index in [9.17, 15) is 18.8 Å². The van der Waals surface area contributed by atoms with Crippen molar-refractivity contribution in [1.29, 1.82) is 0 Å². The SMILES string of the molecule is CC(=O)N(C)C1CN(c2ccc(N3C[C@H](CNC(=O)CO)[C@@H](C)C3)c(F)c2)C(=O)O1. The third-order valence-corrected chi connectivity index (χ3v) is 5.78. The predicted molar refractivity (Wildman–Crippen MR) is 107 cm³/mol. The van der Waals surface area contributed by atoms with E-state index >= 15 is 0 Å². The summed E-state index contributed by atoms with van der Waals surface area (Å²) < 4.78 is 20.1. The van der Waals surface area contributed by atoms with Crippen LogP contribution in [0.3, 0.4) is 0 Å². The number of nitrogens with zero attached hydrogens (tertiary/aromatic N) is 3. The number of hydrogen-bond acceptors (Lipinski definition) is 6. The van der Waals surface area contributed by atoms with Crippen molar-refractivity contribution >= 4 is 29.3 Å². The summed E-state index contributed by atoms with van der Waals surface area (Å²) in [6.07, 6.45) is -1.35. The van der Waals surface area contributed by atoms with E-state index in [4.69, 9.17) is 9.84 Å². The molecule has 0 saturated carbocycles. The van der Waals surface area contributed by atoms with Gasteiger partial charge in [-0.05, 0) is 30.0 Å². The minimum absolute atomic E-state index is 0.126. The molecule has 0 radical (unpaired) electrons. The van der Waals surface area contributed by atoms with Crippen molar-refractivity contribution in [3.8, 4) is 0 Å². The molecule has 0 bridgehead atoms. The minimum atomic E-state index is -0.716. The van der Waals surface area contributed by atoms with Crippen LogP contribution in [0.2, 0.25) is 0 Å². The van der Waals surface area contributed by atoms with Gasteiger partial charge in [0.2, 0.25) is 11.8 Å². The van der Waals surface area contributed by atoms with Crippen LogP contribution in [-0.2, 0) is 14.3 Å². The van der Waals surface area contributed by atoms with Crippen molar-refractivity contribution in [3.63, 3.8) is 0 Å². The molecule has 3 amide bonds. The molecule has 2 heterocycles. The van der Waals surface area contributed by atoms with Crippen molar-refractivity contribution in [1.82, 2.24) is 10.2 Å². The van der Waals surface area contributed by atoms with Gasteiger partial charge in [-0.2, -0.15) is 0 Å². The summed E-state index contributed by atoms with van der Waals surface area (Å²) >= 11 is 0. The van der Waals surface area contributed by atoms with Gasteiger partial charge in [-0.25, -0.2) is 9.18 Å². The maximum Gasteiger partial charge on any atom is 0.416 e. The number of carbonyl (C=O) groups is 3. The van der Waals surface area contributed by atoms with Crippen molar-refractivity contribution in [3.05, 3.63) is 24.0 Å². The van der Waals surface area contributed by atoms with Crippen LogP contribution in [-0.4, -0.2) is 74.0 Å². The fraction of sp³-hybridized carbons (Fsp3) is 0.550. The van der Waals surface area contributed by atoms with E-state index in [-0.39, 0.29) is 24.3 Å². The van der Waals surface area contributed by atoms with Crippen molar-refractivity contribution in [2.75, 3.05) is 49.6 Å². The first kappa shape index (κ1) is 21.8. The van der Waals surface area contributed by atoms with E-state index in [1.54, 1.807) is 19.2 Å². The average Bonchev–Trinajstić information content (AvgIpc) is 3.27. The Morgan fingerprint density at radius 2 is 2.07 bits per heavy atom. The standard InChI is InChI=1S/C20H27FN4O5/c1-12-8-24(9-14(12)7-22-18(28)11-26)17-5-4-15(6-16(17)21)25-10-19(30-20(25)29)23(3)13(2)27/h4-6,12,14,19,26H,7-11H2,1-3H3,(H,22,28)/t12-,14-,19?/m0/s1. The number of nitrogens with one attached hydrogen (secondary N) is 1. The molecule has 0 spiro atoms. The lowest BCUT2D eigenvalue weighted by atomic mass is 9.98. The predicted octanol–water partition coefficient (Wildman–Crippen LogP) is 0.767. The molecule has 0 aromatic heterocycles. The fourth-order valence-electron chi connectivity index (χ4n) is 3.78. The maximum atomic E-state index is 14.9. The number of amides is 3. The second kappa shape index (κ2) is 8.86. The zero-order valence-electron chi connectivity index (χ0n) is 17.3. The number of benzene rings is 1. The number of halogens is 1. The highest BCUT2D eigenvalue weighted by Crippen LogP contribution is 2.33. The van der Waals surface area contributed by atoms with Gasteiger partial charge in [-0.3, -0.25) is 14.5 Å². The van der Waals surface area contributed by atoms with Crippen LogP contribution < -0.4 is 15.1 Å². The van der Waals surface area contributed by atoms with E-state index in [1.165, 1.54) is 22.8 Å². The minimum Gasteiger partial charge on any atom is -0.423 e. The highest BCUT2D eigenvalue weighted by molar-refractivity contribution is 5.90. The zero-order valence-corrected chi connectivity index (χ0v) is 17.3. The second-order valence-corrected chi connectivity index (χ2v) is 7.82. The summed E-state index contributed by atoms with van der Waals surface area (Å²) in [6.45, 7) is 4.61. The first-order chi connectivity index (χ1) is 14.2. The smallest absolute Gasteiger partial charge is 0.416 e. The Morgan fingerprint density at radius 3 is 2.70 bits per heavy atom. The van der Waals surface area contributed by atoms with Gasteiger partial charge in [0.25, 0.3) is 0 Å². The Labute approximate surface area is 174 Å². The van der Waals surface area contributed by atoms with Gasteiger partial charge in [0.05, 0.1) is 17.9 Å². The number of carbonyl (C=O) groups excluding carboxylic acids is 3. The van der Waals surface area contributed by atoms with Gasteiger partial charge >= 0.3 is 6.09 Å². The molecule has 164 valence electrons. The van der Waals surface area contributed by atoms with Crippen LogP contribution in [0.15, 0.2) is 18.2 Å². The number of aliphatic hydroxyl groups is 1. The van der Waals surface area contributed by atoms with E-state index in [0.717, 1.165) is 0 Å². The molecule has 3 atom stereocenters. The lowest BCUT2D eigenvalue weighted by molar-refractivity contribution is -0.134. The first-order valence-corrected chi connectivity index (χ1v) is 9.84. The van der Waals surface area contributed by atoms with Crippen molar-refractivity contribution in [2.45, 2.75) is 20.1 Å². The normalized spacial score (nSPS) is 23.5. The summed E-state index contributed by atoms with van der Waals surface area (Å²) in [4.78, 5) is 39.5. The molecule has 1 unspecified atom stereocenters. The maximum absolute atomic E-state index is 14.9. The van der Waals surface area contributed by atoms with Gasteiger partial charge in [-0.1, -0.05) is 6.92 Å². The number of anilines is 2. The van der Waals surface area contributed by atoms with E-state index < -0.39 is 30.7 Å². The third kappa shape index (κ3) is 4.48. The Kier molecular flexibility index (Phi) is 6.45. The van der Waals surface area contributed by atoms with Crippen LogP contribution in [0.1, 0.15) is 13.8 Å². The largest absolute Gasteiger partial charge is 0.423 e. The number of hydrogen-bond donors (Lipinski definition) is 2. The molecule has 2 fully saturated rings. The molecule has 0 aliphatic carbocycles. The monoisotopic (exact) mass is 422 g/mol. The van der Waals surface area contributed by atoms with Crippen LogP contribution in [0.25, 0.3) is 0 Å². The summed E-state index contributed by atoms with van der Waals surface area (Å²) in [6, 6.07) is 4.57. The molecule has 2 N–H and O–H groups in total.